The summed E-state index contributed by atoms with van der Waals surface area (Å²) in [7, 11) is 0. The highest BCUT2D eigenvalue weighted by Crippen LogP contribution is 2.30. The second kappa shape index (κ2) is 8.01. The summed E-state index contributed by atoms with van der Waals surface area (Å²) in [5, 5.41) is 15.6. The Bertz CT molecular complexity index is 907. The molecule has 1 heterocycles. The minimum atomic E-state index is -0.661. The summed E-state index contributed by atoms with van der Waals surface area (Å²) < 4.78 is 5.11. The number of carbonyl (C=O) groups excluding carboxylic acids is 2. The molecule has 1 unspecified atom stereocenters. The monoisotopic (exact) mass is 382 g/mol. The lowest BCUT2D eigenvalue weighted by Gasteiger charge is -2.30. The van der Waals surface area contributed by atoms with Crippen molar-refractivity contribution in [2.75, 3.05) is 6.61 Å². The van der Waals surface area contributed by atoms with Crippen LogP contribution in [0.15, 0.2) is 65.9 Å². The Morgan fingerprint density at radius 1 is 1.11 bits per heavy atom. The van der Waals surface area contributed by atoms with Crippen LogP contribution in [0.1, 0.15) is 28.9 Å². The SMILES string of the molecule is CCOC(=O)C1=C(C(=O)c2ccccc2)C(c2ccc(O)cc2)NC(=S)N1. The minimum Gasteiger partial charge on any atom is -0.508 e. The zero-order valence-electron chi connectivity index (χ0n) is 14.6. The molecule has 27 heavy (non-hydrogen) atoms. The lowest BCUT2D eigenvalue weighted by atomic mass is 9.89. The third-order valence-corrected chi connectivity index (χ3v) is 4.28. The molecule has 0 fully saturated rings. The first-order chi connectivity index (χ1) is 13.0. The summed E-state index contributed by atoms with van der Waals surface area (Å²) >= 11 is 5.22. The van der Waals surface area contributed by atoms with Gasteiger partial charge >= 0.3 is 5.97 Å². The number of thiocarbonyl (C=S) groups is 1. The van der Waals surface area contributed by atoms with E-state index in [0.717, 1.165) is 0 Å². The molecule has 0 aromatic heterocycles. The Hall–Kier alpha value is -3.19. The molecule has 6 nitrogen and oxygen atoms in total. The summed E-state index contributed by atoms with van der Waals surface area (Å²) in [4.78, 5) is 25.7. The van der Waals surface area contributed by atoms with Crippen LogP contribution in [0.2, 0.25) is 0 Å². The van der Waals surface area contributed by atoms with Gasteiger partial charge in [0.25, 0.3) is 0 Å². The predicted molar refractivity (Wildman–Crippen MR) is 104 cm³/mol. The quantitative estimate of drug-likeness (QED) is 0.416. The van der Waals surface area contributed by atoms with Crippen LogP contribution in [-0.2, 0) is 9.53 Å². The maximum atomic E-state index is 13.2. The number of Topliss-reactive ketones (excluding diaryl/α,β-unsaturated/α-hetero) is 1. The molecule has 138 valence electrons. The van der Waals surface area contributed by atoms with E-state index in [2.05, 4.69) is 10.6 Å². The summed E-state index contributed by atoms with van der Waals surface area (Å²) in [5.74, 6) is -0.871. The van der Waals surface area contributed by atoms with Crippen LogP contribution < -0.4 is 10.6 Å². The third kappa shape index (κ3) is 3.98. The molecule has 0 radical (unpaired) electrons. The van der Waals surface area contributed by atoms with Gasteiger partial charge in [-0.25, -0.2) is 4.79 Å². The molecule has 3 rings (SSSR count). The van der Waals surface area contributed by atoms with Gasteiger partial charge in [-0.3, -0.25) is 4.79 Å². The number of phenols is 1. The first kappa shape index (κ1) is 18.6. The molecular weight excluding hydrogens is 364 g/mol. The lowest BCUT2D eigenvalue weighted by molar-refractivity contribution is -0.138. The van der Waals surface area contributed by atoms with Gasteiger partial charge in [0, 0.05) is 5.56 Å². The molecule has 0 saturated heterocycles. The van der Waals surface area contributed by atoms with Crippen molar-refractivity contribution in [1.82, 2.24) is 10.6 Å². The second-order valence-electron chi connectivity index (χ2n) is 5.83. The molecule has 1 aliphatic rings. The van der Waals surface area contributed by atoms with Gasteiger partial charge in [-0.15, -0.1) is 0 Å². The highest BCUT2D eigenvalue weighted by Gasteiger charge is 2.35. The maximum absolute atomic E-state index is 13.2. The summed E-state index contributed by atoms with van der Waals surface area (Å²) in [6, 6.07) is 14.4. The Morgan fingerprint density at radius 2 is 1.78 bits per heavy atom. The van der Waals surface area contributed by atoms with E-state index in [9.17, 15) is 14.7 Å². The Morgan fingerprint density at radius 3 is 2.41 bits per heavy atom. The van der Waals surface area contributed by atoms with Gasteiger partial charge in [0.1, 0.15) is 11.4 Å². The van der Waals surface area contributed by atoms with Crippen molar-refractivity contribution in [3.8, 4) is 5.75 Å². The standard InChI is InChI=1S/C20H18N2O4S/c1-2-26-19(25)17-15(18(24)13-6-4-3-5-7-13)16(21-20(27)22-17)12-8-10-14(23)11-9-12/h3-11,16,23H,2H2,1H3,(H2,21,22,27). The maximum Gasteiger partial charge on any atom is 0.355 e. The first-order valence-electron chi connectivity index (χ1n) is 8.38. The number of ketones is 1. The molecule has 7 heteroatoms. The summed E-state index contributed by atoms with van der Waals surface area (Å²) in [6.45, 7) is 1.86. The summed E-state index contributed by atoms with van der Waals surface area (Å²) in [5.41, 5.74) is 1.35. The zero-order chi connectivity index (χ0) is 19.4. The summed E-state index contributed by atoms with van der Waals surface area (Å²) in [6.07, 6.45) is 0. The van der Waals surface area contributed by atoms with Crippen LogP contribution >= 0.6 is 12.2 Å². The molecular formula is C20H18N2O4S. The minimum absolute atomic E-state index is 0.0209. The fourth-order valence-electron chi connectivity index (χ4n) is 2.84. The Kier molecular flexibility index (Phi) is 5.52. The van der Waals surface area contributed by atoms with Gasteiger partial charge < -0.3 is 20.5 Å². The van der Waals surface area contributed by atoms with E-state index in [4.69, 9.17) is 17.0 Å². The molecule has 2 aromatic carbocycles. The molecule has 0 spiro atoms. The number of benzene rings is 2. The van der Waals surface area contributed by atoms with Crippen molar-refractivity contribution in [3.05, 3.63) is 77.0 Å². The molecule has 0 saturated carbocycles. The van der Waals surface area contributed by atoms with Crippen LogP contribution in [0.25, 0.3) is 0 Å². The van der Waals surface area contributed by atoms with E-state index < -0.39 is 12.0 Å². The van der Waals surface area contributed by atoms with E-state index in [1.165, 1.54) is 12.1 Å². The van der Waals surface area contributed by atoms with E-state index in [0.29, 0.717) is 11.1 Å². The van der Waals surface area contributed by atoms with Gasteiger partial charge in [0.2, 0.25) is 0 Å². The van der Waals surface area contributed by atoms with Crippen LogP contribution in [0.3, 0.4) is 0 Å². The van der Waals surface area contributed by atoms with Crippen molar-refractivity contribution in [2.45, 2.75) is 13.0 Å². The predicted octanol–water partition coefficient (Wildman–Crippen LogP) is 2.61. The van der Waals surface area contributed by atoms with Gasteiger partial charge in [0.15, 0.2) is 10.9 Å². The number of hydrogen-bond donors (Lipinski definition) is 3. The van der Waals surface area contributed by atoms with E-state index in [-0.39, 0.29) is 34.5 Å². The van der Waals surface area contributed by atoms with Crippen molar-refractivity contribution in [1.29, 1.82) is 0 Å². The van der Waals surface area contributed by atoms with Crippen LogP contribution in [0.5, 0.6) is 5.75 Å². The molecule has 1 atom stereocenters. The average molecular weight is 382 g/mol. The Labute approximate surface area is 161 Å². The van der Waals surface area contributed by atoms with Gasteiger partial charge in [0.05, 0.1) is 18.2 Å². The van der Waals surface area contributed by atoms with E-state index >= 15 is 0 Å². The number of hydrogen-bond acceptors (Lipinski definition) is 5. The van der Waals surface area contributed by atoms with Gasteiger partial charge in [-0.2, -0.15) is 0 Å². The number of nitrogens with one attached hydrogen (secondary N) is 2. The average Bonchev–Trinajstić information content (AvgIpc) is 2.68. The fourth-order valence-corrected chi connectivity index (χ4v) is 3.06. The second-order valence-corrected chi connectivity index (χ2v) is 6.24. The van der Waals surface area contributed by atoms with Crippen LogP contribution in [-0.4, -0.2) is 28.6 Å². The molecule has 2 aromatic rings. The van der Waals surface area contributed by atoms with E-state index in [1.807, 2.05) is 0 Å². The molecule has 1 aliphatic heterocycles. The number of aromatic hydroxyl groups is 1. The van der Waals surface area contributed by atoms with Gasteiger partial charge in [-0.05, 0) is 36.8 Å². The highest BCUT2D eigenvalue weighted by molar-refractivity contribution is 7.80. The van der Waals surface area contributed by atoms with Gasteiger partial charge in [-0.1, -0.05) is 42.5 Å². The number of ether oxygens (including phenoxy) is 1. The topological polar surface area (TPSA) is 87.7 Å². The molecule has 0 bridgehead atoms. The highest BCUT2D eigenvalue weighted by atomic mass is 32.1. The lowest BCUT2D eigenvalue weighted by Crippen LogP contribution is -2.47. The number of carbonyl (C=O) groups is 2. The van der Waals surface area contributed by atoms with Crippen molar-refractivity contribution < 1.29 is 19.4 Å². The molecule has 0 amide bonds. The fraction of sp³-hybridized carbons (Fsp3) is 0.150. The van der Waals surface area contributed by atoms with Crippen molar-refractivity contribution >= 4 is 29.1 Å². The number of phenolic OH excluding ortho intramolecular Hbond substituents is 1. The van der Waals surface area contributed by atoms with Crippen molar-refractivity contribution in [2.24, 2.45) is 0 Å². The van der Waals surface area contributed by atoms with Crippen LogP contribution in [0.4, 0.5) is 0 Å². The third-order valence-electron chi connectivity index (χ3n) is 4.06. The smallest absolute Gasteiger partial charge is 0.355 e. The van der Waals surface area contributed by atoms with Crippen molar-refractivity contribution in [3.63, 3.8) is 0 Å². The Balaban J connectivity index is 2.16. The normalized spacial score (nSPS) is 16.3. The van der Waals surface area contributed by atoms with E-state index in [1.54, 1.807) is 49.4 Å². The molecule has 3 N–H and O–H groups in total. The van der Waals surface area contributed by atoms with Crippen LogP contribution in [0, 0.1) is 0 Å². The number of esters is 1. The zero-order valence-corrected chi connectivity index (χ0v) is 15.4. The largest absolute Gasteiger partial charge is 0.508 e. The first-order valence-corrected chi connectivity index (χ1v) is 8.79. The number of rotatable bonds is 5. The molecule has 0 aliphatic carbocycles.